The number of rotatable bonds is 8. The zero-order valence-electron chi connectivity index (χ0n) is 19.5. The molecule has 0 aliphatic carbocycles. The van der Waals surface area contributed by atoms with Gasteiger partial charge in [-0.25, -0.2) is 8.42 Å². The van der Waals surface area contributed by atoms with Gasteiger partial charge in [0.05, 0.1) is 29.1 Å². The zero-order chi connectivity index (χ0) is 25.9. The van der Waals surface area contributed by atoms with Crippen molar-refractivity contribution in [2.45, 2.75) is 45.3 Å². The van der Waals surface area contributed by atoms with Gasteiger partial charge < -0.3 is 10.1 Å². The fourth-order valence-corrected chi connectivity index (χ4v) is 4.61. The molecule has 2 aromatic carbocycles. The molecule has 34 heavy (non-hydrogen) atoms. The molecule has 1 N–H and O–H groups in total. The van der Waals surface area contributed by atoms with Crippen LogP contribution < -0.4 is 14.4 Å². The smallest absolute Gasteiger partial charge is 0.417 e. The molecule has 0 saturated carbocycles. The molecule has 11 heteroatoms. The van der Waals surface area contributed by atoms with Gasteiger partial charge in [-0.05, 0) is 48.2 Å². The Kier molecular flexibility index (Phi) is 8.53. The highest BCUT2D eigenvalue weighted by molar-refractivity contribution is 7.92. The van der Waals surface area contributed by atoms with Crippen LogP contribution in [0, 0.1) is 0 Å². The van der Waals surface area contributed by atoms with Gasteiger partial charge in [0.2, 0.25) is 15.9 Å². The second-order valence-corrected chi connectivity index (χ2v) is 11.1. The minimum Gasteiger partial charge on any atom is -0.492 e. The molecule has 0 unspecified atom stereocenters. The Morgan fingerprint density at radius 1 is 1.12 bits per heavy atom. The number of ether oxygens (including phenoxy) is 1. The Morgan fingerprint density at radius 3 is 2.21 bits per heavy atom. The van der Waals surface area contributed by atoms with Gasteiger partial charge in [-0.2, -0.15) is 13.2 Å². The summed E-state index contributed by atoms with van der Waals surface area (Å²) in [5.41, 5.74) is -0.381. The van der Waals surface area contributed by atoms with Crippen LogP contribution in [-0.2, 0) is 26.4 Å². The number of halogens is 4. The molecule has 0 aromatic heterocycles. The molecule has 0 heterocycles. The minimum absolute atomic E-state index is 0.000911. The molecule has 1 amide bonds. The average molecular weight is 521 g/mol. The molecular formula is C23H28ClF3N2O4S. The molecule has 0 aliphatic heterocycles. The predicted molar refractivity (Wildman–Crippen MR) is 127 cm³/mol. The van der Waals surface area contributed by atoms with Crippen LogP contribution in [-0.4, -0.2) is 39.8 Å². The molecule has 0 fully saturated rings. The summed E-state index contributed by atoms with van der Waals surface area (Å²) in [4.78, 5) is 12.6. The molecule has 0 aliphatic rings. The predicted octanol–water partition coefficient (Wildman–Crippen LogP) is 5.01. The maximum Gasteiger partial charge on any atom is 0.417 e. The molecule has 0 saturated heterocycles. The Balaban J connectivity index is 2.07. The molecule has 2 rings (SSSR count). The van der Waals surface area contributed by atoms with Crippen molar-refractivity contribution in [2.24, 2.45) is 0 Å². The van der Waals surface area contributed by atoms with Gasteiger partial charge in [0.25, 0.3) is 0 Å². The standard InChI is InChI=1S/C23H28ClF3N2O4S/c1-15(21(30)28-12-13-33-18-9-6-16(7-10-18)22(2,3)4)29(34(5,31)32)17-8-11-20(24)19(14-17)23(25,26)27/h6-11,14-15H,12-13H2,1-5H3,(H,28,30)/t15-/m1/s1. The summed E-state index contributed by atoms with van der Waals surface area (Å²) in [7, 11) is -4.10. The van der Waals surface area contributed by atoms with Crippen molar-refractivity contribution in [3.63, 3.8) is 0 Å². The van der Waals surface area contributed by atoms with Gasteiger partial charge in [-0.1, -0.05) is 44.5 Å². The number of amides is 1. The van der Waals surface area contributed by atoms with Crippen LogP contribution >= 0.6 is 11.6 Å². The normalized spacial score (nSPS) is 13.3. The number of hydrogen-bond acceptors (Lipinski definition) is 4. The molecule has 188 valence electrons. The van der Waals surface area contributed by atoms with Crippen molar-refractivity contribution in [1.82, 2.24) is 5.32 Å². The fraction of sp³-hybridized carbons (Fsp3) is 0.435. The number of nitrogens with one attached hydrogen (secondary N) is 1. The number of hydrogen-bond donors (Lipinski definition) is 1. The topological polar surface area (TPSA) is 75.7 Å². The zero-order valence-corrected chi connectivity index (χ0v) is 21.1. The second kappa shape index (κ2) is 10.4. The third kappa shape index (κ3) is 7.27. The number of nitrogens with zero attached hydrogens (tertiary/aromatic N) is 1. The van der Waals surface area contributed by atoms with Crippen LogP contribution in [0.25, 0.3) is 0 Å². The molecule has 1 atom stereocenters. The van der Waals surface area contributed by atoms with Crippen molar-refractivity contribution < 1.29 is 31.1 Å². The summed E-state index contributed by atoms with van der Waals surface area (Å²) in [6.45, 7) is 7.74. The van der Waals surface area contributed by atoms with E-state index in [4.69, 9.17) is 16.3 Å². The summed E-state index contributed by atoms with van der Waals surface area (Å²) in [5, 5.41) is 1.97. The van der Waals surface area contributed by atoms with E-state index >= 15 is 0 Å². The van der Waals surface area contributed by atoms with Gasteiger partial charge in [0, 0.05) is 0 Å². The number of sulfonamides is 1. The Bertz CT molecular complexity index is 1110. The lowest BCUT2D eigenvalue weighted by molar-refractivity contribution is -0.137. The largest absolute Gasteiger partial charge is 0.492 e. The third-order valence-electron chi connectivity index (χ3n) is 4.99. The fourth-order valence-electron chi connectivity index (χ4n) is 3.22. The molecule has 0 spiro atoms. The van der Waals surface area contributed by atoms with E-state index in [1.54, 1.807) is 0 Å². The van der Waals surface area contributed by atoms with E-state index in [1.165, 1.54) is 6.92 Å². The van der Waals surface area contributed by atoms with E-state index in [-0.39, 0.29) is 24.3 Å². The van der Waals surface area contributed by atoms with E-state index in [9.17, 15) is 26.4 Å². The third-order valence-corrected chi connectivity index (χ3v) is 6.56. The lowest BCUT2D eigenvalue weighted by atomic mass is 9.87. The van der Waals surface area contributed by atoms with Crippen molar-refractivity contribution >= 4 is 33.2 Å². The quantitative estimate of drug-likeness (QED) is 0.497. The van der Waals surface area contributed by atoms with Gasteiger partial charge in [-0.15, -0.1) is 0 Å². The van der Waals surface area contributed by atoms with Crippen molar-refractivity contribution in [1.29, 1.82) is 0 Å². The monoisotopic (exact) mass is 520 g/mol. The lowest BCUT2D eigenvalue weighted by Gasteiger charge is -2.29. The van der Waals surface area contributed by atoms with E-state index in [0.717, 1.165) is 24.0 Å². The first-order valence-electron chi connectivity index (χ1n) is 10.4. The summed E-state index contributed by atoms with van der Waals surface area (Å²) < 4.78 is 70.6. The molecular weight excluding hydrogens is 493 g/mol. The van der Waals surface area contributed by atoms with Crippen molar-refractivity contribution in [2.75, 3.05) is 23.7 Å². The summed E-state index contributed by atoms with van der Waals surface area (Å²) >= 11 is 5.63. The number of benzene rings is 2. The Hall–Kier alpha value is -2.46. The first kappa shape index (κ1) is 27.8. The van der Waals surface area contributed by atoms with Crippen LogP contribution in [0.15, 0.2) is 42.5 Å². The molecule has 0 radical (unpaired) electrons. The van der Waals surface area contributed by atoms with E-state index in [2.05, 4.69) is 26.1 Å². The van der Waals surface area contributed by atoms with Gasteiger partial charge >= 0.3 is 6.18 Å². The highest BCUT2D eigenvalue weighted by atomic mass is 35.5. The first-order valence-corrected chi connectivity index (χ1v) is 12.6. The first-order chi connectivity index (χ1) is 15.5. The van der Waals surface area contributed by atoms with E-state index < -0.39 is 38.7 Å². The summed E-state index contributed by atoms with van der Waals surface area (Å²) in [6, 6.07) is 8.88. The molecule has 2 aromatic rings. The van der Waals surface area contributed by atoms with Crippen LogP contribution in [0.2, 0.25) is 5.02 Å². The highest BCUT2D eigenvalue weighted by Gasteiger charge is 2.36. The molecule has 0 bridgehead atoms. The van der Waals surface area contributed by atoms with Crippen LogP contribution in [0.3, 0.4) is 0 Å². The van der Waals surface area contributed by atoms with E-state index in [1.807, 2.05) is 24.3 Å². The average Bonchev–Trinajstić information content (AvgIpc) is 2.70. The SMILES string of the molecule is C[C@H](C(=O)NCCOc1ccc(C(C)(C)C)cc1)N(c1ccc(Cl)c(C(F)(F)F)c1)S(C)(=O)=O. The van der Waals surface area contributed by atoms with Crippen molar-refractivity contribution in [3.05, 3.63) is 58.6 Å². The van der Waals surface area contributed by atoms with Crippen LogP contribution in [0.1, 0.15) is 38.8 Å². The summed E-state index contributed by atoms with van der Waals surface area (Å²) in [6.07, 6.45) is -3.98. The highest BCUT2D eigenvalue weighted by Crippen LogP contribution is 2.37. The lowest BCUT2D eigenvalue weighted by Crippen LogP contribution is -2.48. The number of carbonyl (C=O) groups is 1. The molecule has 6 nitrogen and oxygen atoms in total. The van der Waals surface area contributed by atoms with Crippen LogP contribution in [0.5, 0.6) is 5.75 Å². The number of anilines is 1. The number of carbonyl (C=O) groups excluding carboxylic acids is 1. The number of alkyl halides is 3. The summed E-state index contributed by atoms with van der Waals surface area (Å²) in [5.74, 6) is -0.0884. The second-order valence-electron chi connectivity index (χ2n) is 8.81. The Morgan fingerprint density at radius 2 is 1.71 bits per heavy atom. The Labute approximate surface area is 203 Å². The van der Waals surface area contributed by atoms with Crippen molar-refractivity contribution in [3.8, 4) is 5.75 Å². The van der Waals surface area contributed by atoms with Gasteiger partial charge in [-0.3, -0.25) is 9.10 Å². The van der Waals surface area contributed by atoms with E-state index in [0.29, 0.717) is 16.1 Å². The van der Waals surface area contributed by atoms with Crippen LogP contribution in [0.4, 0.5) is 18.9 Å². The minimum atomic E-state index is -4.79. The van der Waals surface area contributed by atoms with Gasteiger partial charge in [0.1, 0.15) is 18.4 Å². The van der Waals surface area contributed by atoms with Gasteiger partial charge in [0.15, 0.2) is 0 Å². The maximum atomic E-state index is 13.2. The maximum absolute atomic E-state index is 13.2.